The summed E-state index contributed by atoms with van der Waals surface area (Å²) >= 11 is 0. The first-order valence-electron chi connectivity index (χ1n) is 31.0. The summed E-state index contributed by atoms with van der Waals surface area (Å²) in [6.07, 6.45) is 11.6. The number of piperidine rings is 4. The molecule has 0 bridgehead atoms. The molecule has 1 aliphatic carbocycles. The molecule has 8 aromatic rings. The van der Waals surface area contributed by atoms with Gasteiger partial charge in [-0.25, -0.2) is 32.3 Å². The number of nitrogens with zero attached hydrogens (tertiary/aromatic N) is 10. The van der Waals surface area contributed by atoms with Crippen LogP contribution >= 0.6 is 0 Å². The molecule has 4 saturated heterocycles. The number of carboxylic acid groups (broad SMARTS) is 1. The molecule has 8 heterocycles. The second-order valence-corrected chi connectivity index (χ2v) is 24.7. The van der Waals surface area contributed by atoms with Crippen molar-refractivity contribution in [3.05, 3.63) is 163 Å². The summed E-state index contributed by atoms with van der Waals surface area (Å²) in [5, 5.41) is 13.6. The van der Waals surface area contributed by atoms with Crippen LogP contribution in [-0.4, -0.2) is 126 Å². The molecule has 5 fully saturated rings. The van der Waals surface area contributed by atoms with E-state index in [4.69, 9.17) is 19.9 Å². The summed E-state index contributed by atoms with van der Waals surface area (Å²) in [5.74, 6) is -2.50. The number of pyridine rings is 2. The molecule has 458 valence electrons. The van der Waals surface area contributed by atoms with E-state index in [2.05, 4.69) is 33.9 Å². The third-order valence-electron chi connectivity index (χ3n) is 18.9. The summed E-state index contributed by atoms with van der Waals surface area (Å²) in [7, 11) is 0. The van der Waals surface area contributed by atoms with E-state index in [9.17, 15) is 24.3 Å². The molecule has 0 unspecified atom stereocenters. The number of aryl methyl sites for hydroxylation is 2. The Morgan fingerprint density at radius 1 is 0.500 bits per heavy atom. The second kappa shape index (κ2) is 25.4. The molecule has 4 aromatic heterocycles. The monoisotopic (exact) mass is 1200 g/mol. The number of hydrogen-bond donors (Lipinski definition) is 2. The average molecular weight is 1200 g/mol. The van der Waals surface area contributed by atoms with Crippen molar-refractivity contribution in [3.63, 3.8) is 0 Å². The lowest BCUT2D eigenvalue weighted by atomic mass is 9.92. The molecule has 0 spiro atoms. The van der Waals surface area contributed by atoms with Gasteiger partial charge in [-0.05, 0) is 194 Å². The molecule has 0 atom stereocenters. The number of halogens is 4. The molecule has 5 aliphatic rings. The third kappa shape index (κ3) is 12.2. The fourth-order valence-electron chi connectivity index (χ4n) is 13.2. The van der Waals surface area contributed by atoms with Gasteiger partial charge in [-0.1, -0.05) is 38.1 Å². The van der Waals surface area contributed by atoms with E-state index in [1.807, 2.05) is 30.9 Å². The van der Waals surface area contributed by atoms with E-state index >= 15 is 17.6 Å². The highest BCUT2D eigenvalue weighted by Crippen LogP contribution is 2.37. The molecular formula is C68H73F4N11O5. The lowest BCUT2D eigenvalue weighted by Crippen LogP contribution is -2.48. The molecule has 20 heteroatoms. The zero-order chi connectivity index (χ0) is 61.5. The van der Waals surface area contributed by atoms with Crippen LogP contribution in [0, 0.1) is 49.0 Å². The quantitative estimate of drug-likeness (QED) is 0.117. The van der Waals surface area contributed by atoms with E-state index in [1.54, 1.807) is 18.2 Å². The Balaban J connectivity index is 0.000000172. The lowest BCUT2D eigenvalue weighted by Gasteiger charge is -2.41. The average Bonchev–Trinajstić information content (AvgIpc) is 0.954. The Bertz CT molecular complexity index is 4040. The van der Waals surface area contributed by atoms with Crippen molar-refractivity contribution < 1.29 is 32.3 Å². The maximum absolute atomic E-state index is 15.2. The molecule has 1 saturated carbocycles. The first kappa shape index (κ1) is 59.9. The topological polar surface area (TPSA) is 175 Å². The van der Waals surface area contributed by atoms with Crippen LogP contribution in [0.3, 0.4) is 0 Å². The highest BCUT2D eigenvalue weighted by Gasteiger charge is 2.33. The number of rotatable bonds is 11. The van der Waals surface area contributed by atoms with Gasteiger partial charge >= 0.3 is 5.97 Å². The summed E-state index contributed by atoms with van der Waals surface area (Å²) in [6, 6.07) is 24.0. The molecular weight excluding hydrogens is 1130 g/mol. The minimum absolute atomic E-state index is 0.0544. The minimum Gasteiger partial charge on any atom is -0.478 e. The van der Waals surface area contributed by atoms with Gasteiger partial charge in [0.25, 0.3) is 17.0 Å². The number of hydrogen-bond acceptors (Lipinski definition) is 12. The normalized spacial score (nSPS) is 17.9. The predicted molar refractivity (Wildman–Crippen MR) is 333 cm³/mol. The van der Waals surface area contributed by atoms with Gasteiger partial charge in [0.2, 0.25) is 11.9 Å². The highest BCUT2D eigenvalue weighted by molar-refractivity contribution is 5.99. The van der Waals surface area contributed by atoms with Gasteiger partial charge in [0.05, 0.1) is 17.0 Å². The fourth-order valence-corrected chi connectivity index (χ4v) is 13.2. The molecule has 16 nitrogen and oxygen atoms in total. The Kier molecular flexibility index (Phi) is 17.3. The zero-order valence-corrected chi connectivity index (χ0v) is 50.1. The number of nitrogens with one attached hydrogen (secondary N) is 1. The number of carbonyl (C=O) groups excluding carboxylic acids is 1. The largest absolute Gasteiger partial charge is 0.478 e. The van der Waals surface area contributed by atoms with E-state index in [0.29, 0.717) is 75.9 Å². The number of benzene rings is 4. The van der Waals surface area contributed by atoms with Crippen molar-refractivity contribution in [2.45, 2.75) is 116 Å². The third-order valence-corrected chi connectivity index (χ3v) is 18.9. The zero-order valence-electron chi connectivity index (χ0n) is 50.1. The molecule has 13 rings (SSSR count). The van der Waals surface area contributed by atoms with E-state index < -0.39 is 51.7 Å². The lowest BCUT2D eigenvalue weighted by molar-refractivity contribution is 0.0696. The van der Waals surface area contributed by atoms with Crippen molar-refractivity contribution in [1.29, 1.82) is 0 Å². The van der Waals surface area contributed by atoms with Crippen LogP contribution in [0.2, 0.25) is 0 Å². The molecule has 4 aromatic carbocycles. The van der Waals surface area contributed by atoms with Gasteiger partial charge < -0.3 is 30.0 Å². The number of fused-ring (bicyclic) bond motifs is 2. The van der Waals surface area contributed by atoms with Gasteiger partial charge in [-0.2, -0.15) is 9.97 Å². The number of carbonyl (C=O) groups is 2. The number of anilines is 2. The van der Waals surface area contributed by atoms with E-state index in [1.165, 1.54) is 68.1 Å². The first-order chi connectivity index (χ1) is 42.5. The van der Waals surface area contributed by atoms with E-state index in [0.717, 1.165) is 141 Å². The molecule has 1 amide bonds. The number of aromatic carboxylic acids is 1. The summed E-state index contributed by atoms with van der Waals surface area (Å²) < 4.78 is 62.5. The van der Waals surface area contributed by atoms with Crippen molar-refractivity contribution in [1.82, 2.24) is 44.2 Å². The Hall–Kier alpha value is -8.36. The molecule has 2 N–H and O–H groups in total. The first-order valence-corrected chi connectivity index (χ1v) is 31.0. The standard InChI is InChI=1S/C36H40F2N6O2.C32H33F2N5O3/c1-22-13-17-42(18-14-22)26-15-19-43(20-16-26)36-40-32(28-21-24(10-9-23(28)2)35(46)39-25-5-3-6-25)27-11-12-31(45)44(34(27)41-36)33-29(37)7-4-8-30(33)38;1-19-10-14-37(15-11-19)22-12-16-38(17-13-22)32-35-28(24-18-21(31(41)42)7-6-20(24)2)23-8-9-27(40)39(30(23)36-32)29-25(33)4-3-5-26(29)34/h4,7-12,21-22,25-26H,3,5-6,13-20H2,1-2H3,(H,39,46);3-9,18-19,22H,10-17H2,1-2H3,(H,41,42). The summed E-state index contributed by atoms with van der Waals surface area (Å²) in [6.45, 7) is 15.6. The maximum Gasteiger partial charge on any atom is 0.335 e. The molecule has 88 heavy (non-hydrogen) atoms. The van der Waals surface area contributed by atoms with Crippen LogP contribution in [0.5, 0.6) is 0 Å². The second-order valence-electron chi connectivity index (χ2n) is 24.7. The van der Waals surface area contributed by atoms with Crippen molar-refractivity contribution in [2.75, 3.05) is 62.2 Å². The SMILES string of the molecule is Cc1ccc(C(=O)NC2CCC2)cc1-c1nc(N2CCC(N3CCC(C)CC3)CC2)nc2c1ccc(=O)n2-c1c(F)cccc1F.Cc1ccc(C(=O)O)cc1-c1nc(N2CCC(N3CCC(C)CC3)CC2)nc2c1ccc(=O)n2-c1c(F)cccc1F. The van der Waals surface area contributed by atoms with Gasteiger partial charge in [0.15, 0.2) is 11.3 Å². The minimum atomic E-state index is -1.09. The summed E-state index contributed by atoms with van der Waals surface area (Å²) in [5.41, 5.74) is 2.30. The highest BCUT2D eigenvalue weighted by atomic mass is 19.1. The number of likely N-dealkylation sites (tertiary alicyclic amines) is 2. The van der Waals surface area contributed by atoms with Crippen molar-refractivity contribution in [3.8, 4) is 33.9 Å². The number of aromatic nitrogens is 6. The van der Waals surface area contributed by atoms with Gasteiger partial charge in [0, 0.05) is 83.9 Å². The van der Waals surface area contributed by atoms with Crippen LogP contribution in [0.25, 0.3) is 56.0 Å². The van der Waals surface area contributed by atoms with E-state index in [-0.39, 0.29) is 28.8 Å². The van der Waals surface area contributed by atoms with Crippen LogP contribution in [0.4, 0.5) is 29.5 Å². The van der Waals surface area contributed by atoms with Crippen LogP contribution in [0.1, 0.15) is 116 Å². The number of carboxylic acids is 1. The Morgan fingerprint density at radius 3 is 1.28 bits per heavy atom. The summed E-state index contributed by atoms with van der Waals surface area (Å²) in [4.78, 5) is 80.5. The maximum atomic E-state index is 15.2. The molecule has 4 aliphatic heterocycles. The van der Waals surface area contributed by atoms with Crippen LogP contribution in [-0.2, 0) is 0 Å². The van der Waals surface area contributed by atoms with Gasteiger partial charge in [-0.15, -0.1) is 0 Å². The smallest absolute Gasteiger partial charge is 0.335 e. The number of amides is 1. The van der Waals surface area contributed by atoms with Gasteiger partial charge in [-0.3, -0.25) is 23.5 Å². The van der Waals surface area contributed by atoms with Crippen LogP contribution in [0.15, 0.2) is 107 Å². The Labute approximate surface area is 507 Å². The van der Waals surface area contributed by atoms with Gasteiger partial charge in [0.1, 0.15) is 34.6 Å². The number of para-hydroxylation sites is 2. The van der Waals surface area contributed by atoms with Crippen molar-refractivity contribution >= 4 is 45.8 Å². The predicted octanol–water partition coefficient (Wildman–Crippen LogP) is 11.5. The molecule has 0 radical (unpaired) electrons. The Morgan fingerprint density at radius 2 is 0.898 bits per heavy atom. The van der Waals surface area contributed by atoms with Crippen LogP contribution < -0.4 is 26.2 Å². The van der Waals surface area contributed by atoms with Crippen molar-refractivity contribution in [2.24, 2.45) is 11.8 Å². The fraction of sp³-hybridized carbons (Fsp3) is 0.412.